The molecule has 0 atom stereocenters. The lowest BCUT2D eigenvalue weighted by atomic mass is 10.2. The average Bonchev–Trinajstić information content (AvgIpc) is 2.70. The van der Waals surface area contributed by atoms with Gasteiger partial charge in [0.05, 0.1) is 23.6 Å². The van der Waals surface area contributed by atoms with Crippen molar-refractivity contribution >= 4 is 12.0 Å². The number of hydrogen-bond acceptors (Lipinski definition) is 3. The Hall–Kier alpha value is -1.71. The summed E-state index contributed by atoms with van der Waals surface area (Å²) in [5, 5.41) is 0. The summed E-state index contributed by atoms with van der Waals surface area (Å²) in [4.78, 5) is 16.3. The van der Waals surface area contributed by atoms with Gasteiger partial charge in [-0.25, -0.2) is 4.39 Å². The van der Waals surface area contributed by atoms with E-state index in [4.69, 9.17) is 0 Å². The maximum absolute atomic E-state index is 13.2. The lowest BCUT2D eigenvalue weighted by Gasteiger charge is -2.18. The smallest absolute Gasteiger partial charge is 0.155 e. The molecule has 1 aromatic rings. The van der Waals surface area contributed by atoms with Crippen LogP contribution < -0.4 is 4.90 Å². The zero-order valence-electron chi connectivity index (χ0n) is 7.48. The molecule has 1 aliphatic rings. The molecule has 1 aromatic heterocycles. The fourth-order valence-electron chi connectivity index (χ4n) is 1.48. The van der Waals surface area contributed by atoms with Crippen molar-refractivity contribution in [2.24, 2.45) is 0 Å². The highest BCUT2D eigenvalue weighted by Gasteiger charge is 2.15. The average molecular weight is 192 g/mol. The summed E-state index contributed by atoms with van der Waals surface area (Å²) in [6, 6.07) is 0. The Morgan fingerprint density at radius 1 is 1.36 bits per heavy atom. The second-order valence-corrected chi connectivity index (χ2v) is 3.05. The van der Waals surface area contributed by atoms with Gasteiger partial charge in [-0.2, -0.15) is 0 Å². The number of nitrogens with zero attached hydrogens (tertiary/aromatic N) is 2. The van der Waals surface area contributed by atoms with Crippen LogP contribution in [0, 0.1) is 5.82 Å². The van der Waals surface area contributed by atoms with Gasteiger partial charge >= 0.3 is 0 Å². The van der Waals surface area contributed by atoms with Gasteiger partial charge in [0.15, 0.2) is 12.1 Å². The lowest BCUT2D eigenvalue weighted by Crippen LogP contribution is -2.20. The SMILES string of the molecule is O=Cc1c(F)cncc1N1CC=CC1. The molecule has 2 rings (SSSR count). The summed E-state index contributed by atoms with van der Waals surface area (Å²) in [6.07, 6.45) is 7.04. The van der Waals surface area contributed by atoms with Crippen LogP contribution in [0.4, 0.5) is 10.1 Å². The van der Waals surface area contributed by atoms with E-state index in [1.165, 1.54) is 6.20 Å². The summed E-state index contributed by atoms with van der Waals surface area (Å²) >= 11 is 0. The first-order valence-electron chi connectivity index (χ1n) is 4.31. The van der Waals surface area contributed by atoms with Crippen LogP contribution in [-0.2, 0) is 0 Å². The summed E-state index contributed by atoms with van der Waals surface area (Å²) in [5.41, 5.74) is 0.647. The minimum atomic E-state index is -0.565. The number of aldehydes is 1. The van der Waals surface area contributed by atoms with Crippen molar-refractivity contribution in [3.63, 3.8) is 0 Å². The molecule has 0 saturated carbocycles. The van der Waals surface area contributed by atoms with Gasteiger partial charge in [-0.3, -0.25) is 9.78 Å². The third-order valence-electron chi connectivity index (χ3n) is 2.19. The molecule has 0 spiro atoms. The second kappa shape index (κ2) is 3.57. The number of carbonyl (C=O) groups is 1. The molecule has 0 fully saturated rings. The molecular formula is C10H9FN2O. The molecule has 0 aliphatic carbocycles. The van der Waals surface area contributed by atoms with Crippen molar-refractivity contribution in [3.05, 3.63) is 35.9 Å². The topological polar surface area (TPSA) is 33.2 Å². The zero-order valence-corrected chi connectivity index (χ0v) is 7.48. The van der Waals surface area contributed by atoms with Gasteiger partial charge in [0.2, 0.25) is 0 Å². The van der Waals surface area contributed by atoms with E-state index in [1.54, 1.807) is 0 Å². The quantitative estimate of drug-likeness (QED) is 0.524. The number of hydrogen-bond donors (Lipinski definition) is 0. The van der Waals surface area contributed by atoms with Gasteiger partial charge in [-0.15, -0.1) is 0 Å². The highest BCUT2D eigenvalue weighted by Crippen LogP contribution is 2.21. The summed E-state index contributed by atoms with van der Waals surface area (Å²) in [6.45, 7) is 1.40. The Morgan fingerprint density at radius 2 is 2.07 bits per heavy atom. The molecule has 1 aliphatic heterocycles. The van der Waals surface area contributed by atoms with Gasteiger partial charge in [0, 0.05) is 13.1 Å². The van der Waals surface area contributed by atoms with Gasteiger partial charge in [-0.1, -0.05) is 12.2 Å². The van der Waals surface area contributed by atoms with Crippen LogP contribution >= 0.6 is 0 Å². The molecule has 14 heavy (non-hydrogen) atoms. The van der Waals surface area contributed by atoms with E-state index in [-0.39, 0.29) is 5.56 Å². The van der Waals surface area contributed by atoms with Crippen LogP contribution in [0.5, 0.6) is 0 Å². The Bertz CT molecular complexity index is 382. The van der Waals surface area contributed by atoms with E-state index in [0.29, 0.717) is 25.1 Å². The minimum absolute atomic E-state index is 0.0868. The maximum atomic E-state index is 13.2. The maximum Gasteiger partial charge on any atom is 0.155 e. The van der Waals surface area contributed by atoms with E-state index in [1.807, 2.05) is 17.1 Å². The van der Waals surface area contributed by atoms with E-state index < -0.39 is 5.82 Å². The molecule has 0 amide bonds. The third-order valence-corrected chi connectivity index (χ3v) is 2.19. The number of anilines is 1. The van der Waals surface area contributed by atoms with Crippen LogP contribution in [0.15, 0.2) is 24.5 Å². The van der Waals surface area contributed by atoms with E-state index >= 15 is 0 Å². The van der Waals surface area contributed by atoms with Crippen LogP contribution in [0.3, 0.4) is 0 Å². The Morgan fingerprint density at radius 3 is 2.71 bits per heavy atom. The summed E-state index contributed by atoms with van der Waals surface area (Å²) in [7, 11) is 0. The first-order chi connectivity index (χ1) is 6.83. The van der Waals surface area contributed by atoms with Gasteiger partial charge in [0.1, 0.15) is 0 Å². The zero-order chi connectivity index (χ0) is 9.97. The molecule has 0 saturated heterocycles. The summed E-state index contributed by atoms with van der Waals surface area (Å²) in [5.74, 6) is -0.565. The second-order valence-electron chi connectivity index (χ2n) is 3.05. The molecule has 0 N–H and O–H groups in total. The molecule has 72 valence electrons. The number of carbonyl (C=O) groups excluding carboxylic acids is 1. The first-order valence-corrected chi connectivity index (χ1v) is 4.31. The van der Waals surface area contributed by atoms with Gasteiger partial charge < -0.3 is 4.90 Å². The highest BCUT2D eigenvalue weighted by molar-refractivity contribution is 5.84. The minimum Gasteiger partial charge on any atom is -0.362 e. The van der Waals surface area contributed by atoms with Crippen molar-refractivity contribution in [3.8, 4) is 0 Å². The van der Waals surface area contributed by atoms with Crippen LogP contribution in [-0.4, -0.2) is 24.4 Å². The van der Waals surface area contributed by atoms with Crippen LogP contribution in [0.25, 0.3) is 0 Å². The first kappa shape index (κ1) is 8.87. The molecule has 0 bridgehead atoms. The fourth-order valence-corrected chi connectivity index (χ4v) is 1.48. The molecule has 0 unspecified atom stereocenters. The Balaban J connectivity index is 2.41. The van der Waals surface area contributed by atoms with Crippen molar-refractivity contribution in [1.82, 2.24) is 4.98 Å². The molecule has 2 heterocycles. The number of pyridine rings is 1. The molecule has 3 nitrogen and oxygen atoms in total. The van der Waals surface area contributed by atoms with E-state index in [0.717, 1.165) is 6.20 Å². The fraction of sp³-hybridized carbons (Fsp3) is 0.200. The Kier molecular flexibility index (Phi) is 2.26. The van der Waals surface area contributed by atoms with E-state index in [9.17, 15) is 9.18 Å². The van der Waals surface area contributed by atoms with Crippen molar-refractivity contribution in [2.45, 2.75) is 0 Å². The lowest BCUT2D eigenvalue weighted by molar-refractivity contribution is 0.112. The molecule has 0 aromatic carbocycles. The van der Waals surface area contributed by atoms with Gasteiger partial charge in [-0.05, 0) is 0 Å². The summed E-state index contributed by atoms with van der Waals surface area (Å²) < 4.78 is 13.2. The van der Waals surface area contributed by atoms with Crippen LogP contribution in [0.1, 0.15) is 10.4 Å². The number of rotatable bonds is 2. The molecule has 0 radical (unpaired) electrons. The van der Waals surface area contributed by atoms with Crippen molar-refractivity contribution in [2.75, 3.05) is 18.0 Å². The Labute approximate surface area is 80.9 Å². The van der Waals surface area contributed by atoms with Crippen molar-refractivity contribution < 1.29 is 9.18 Å². The third kappa shape index (κ3) is 1.39. The molecule has 4 heteroatoms. The standard InChI is InChI=1S/C10H9FN2O/c11-9-5-12-6-10(8(9)7-14)13-3-1-2-4-13/h1-2,5-7H,3-4H2. The predicted octanol–water partition coefficient (Wildman–Crippen LogP) is 1.41. The predicted molar refractivity (Wildman–Crippen MR) is 50.9 cm³/mol. The number of aromatic nitrogens is 1. The van der Waals surface area contributed by atoms with E-state index in [2.05, 4.69) is 4.98 Å². The number of halogens is 1. The van der Waals surface area contributed by atoms with Gasteiger partial charge in [0.25, 0.3) is 0 Å². The largest absolute Gasteiger partial charge is 0.362 e. The van der Waals surface area contributed by atoms with Crippen molar-refractivity contribution in [1.29, 1.82) is 0 Å². The monoisotopic (exact) mass is 192 g/mol. The normalized spacial score (nSPS) is 14.8. The van der Waals surface area contributed by atoms with Crippen LogP contribution in [0.2, 0.25) is 0 Å². The molecular weight excluding hydrogens is 183 g/mol. The highest BCUT2D eigenvalue weighted by atomic mass is 19.1.